The third kappa shape index (κ3) is 4.39. The van der Waals surface area contributed by atoms with Gasteiger partial charge in [0.15, 0.2) is 0 Å². The fourth-order valence-electron chi connectivity index (χ4n) is 4.14. The van der Waals surface area contributed by atoms with E-state index in [-0.39, 0.29) is 5.91 Å². The minimum absolute atomic E-state index is 0.204. The summed E-state index contributed by atoms with van der Waals surface area (Å²) in [5.41, 5.74) is 10.2. The maximum Gasteiger partial charge on any atom is 0.265 e. The number of nitrogen functional groups attached to an aromatic ring is 1. The summed E-state index contributed by atoms with van der Waals surface area (Å²) in [6, 6.07) is 28.0. The molecule has 3 heterocycles. The van der Waals surface area contributed by atoms with Gasteiger partial charge in [0.1, 0.15) is 5.69 Å². The van der Waals surface area contributed by atoms with Gasteiger partial charge in [0.05, 0.1) is 33.9 Å². The van der Waals surface area contributed by atoms with Crippen LogP contribution >= 0.6 is 22.7 Å². The van der Waals surface area contributed by atoms with Gasteiger partial charge >= 0.3 is 0 Å². The lowest BCUT2D eigenvalue weighted by Gasteiger charge is -2.09. The van der Waals surface area contributed by atoms with Gasteiger partial charge in [0, 0.05) is 4.88 Å². The Morgan fingerprint density at radius 2 is 1.83 bits per heavy atom. The van der Waals surface area contributed by atoms with Crippen LogP contribution in [0.3, 0.4) is 0 Å². The summed E-state index contributed by atoms with van der Waals surface area (Å²) in [6.07, 6.45) is 1.91. The number of carbonyl (C=O) groups is 1. The summed E-state index contributed by atoms with van der Waals surface area (Å²) in [6.45, 7) is 0.618. The Morgan fingerprint density at radius 3 is 2.72 bits per heavy atom. The Morgan fingerprint density at radius 1 is 0.944 bits per heavy atom. The van der Waals surface area contributed by atoms with E-state index in [2.05, 4.69) is 46.0 Å². The quantitative estimate of drug-likeness (QED) is 0.244. The van der Waals surface area contributed by atoms with Gasteiger partial charge in [0.25, 0.3) is 5.91 Å². The van der Waals surface area contributed by atoms with Crippen molar-refractivity contribution in [2.45, 2.75) is 6.54 Å². The molecule has 0 radical (unpaired) electrons. The molecule has 3 N–H and O–H groups in total. The topological polar surface area (TPSA) is 85.8 Å². The van der Waals surface area contributed by atoms with Gasteiger partial charge < -0.3 is 11.1 Å². The first-order valence-corrected chi connectivity index (χ1v) is 13.1. The number of anilines is 2. The summed E-state index contributed by atoms with van der Waals surface area (Å²) in [4.78, 5) is 15.6. The van der Waals surface area contributed by atoms with Crippen molar-refractivity contribution >= 4 is 50.7 Å². The molecule has 1 amide bonds. The molecule has 0 spiro atoms. The van der Waals surface area contributed by atoms with E-state index in [4.69, 9.17) is 5.73 Å². The first-order chi connectivity index (χ1) is 17.6. The average molecular weight is 508 g/mol. The van der Waals surface area contributed by atoms with E-state index in [1.54, 1.807) is 17.4 Å². The molecule has 3 aromatic heterocycles. The predicted octanol–water partition coefficient (Wildman–Crippen LogP) is 6.77. The zero-order valence-electron chi connectivity index (χ0n) is 19.1. The molecule has 0 saturated carbocycles. The summed E-state index contributed by atoms with van der Waals surface area (Å²) in [5, 5.41) is 16.1. The highest BCUT2D eigenvalue weighted by atomic mass is 32.1. The third-order valence-corrected chi connectivity index (χ3v) is 7.97. The van der Waals surface area contributed by atoms with Crippen molar-refractivity contribution < 1.29 is 4.79 Å². The molecule has 6 aromatic rings. The number of benzene rings is 3. The van der Waals surface area contributed by atoms with Gasteiger partial charge in [-0.2, -0.15) is 0 Å². The Hall–Kier alpha value is -4.27. The molecule has 0 fully saturated rings. The number of amides is 1. The Labute approximate surface area is 215 Å². The molecule has 8 heteroatoms. The van der Waals surface area contributed by atoms with Gasteiger partial charge in [-0.15, -0.1) is 27.8 Å². The second kappa shape index (κ2) is 9.41. The van der Waals surface area contributed by atoms with Crippen LogP contribution in [0.15, 0.2) is 96.5 Å². The van der Waals surface area contributed by atoms with E-state index in [1.807, 2.05) is 64.8 Å². The summed E-state index contributed by atoms with van der Waals surface area (Å²) in [7, 11) is 0. The maximum atomic E-state index is 13.0. The van der Waals surface area contributed by atoms with Crippen molar-refractivity contribution in [1.82, 2.24) is 15.0 Å². The number of nitrogens with one attached hydrogen (secondary N) is 1. The van der Waals surface area contributed by atoms with Gasteiger partial charge in [-0.25, -0.2) is 4.68 Å². The van der Waals surface area contributed by atoms with E-state index >= 15 is 0 Å². The maximum absolute atomic E-state index is 13.0. The minimum atomic E-state index is -0.204. The second-order valence-electron chi connectivity index (χ2n) is 8.34. The molecule has 0 bridgehead atoms. The number of fused-ring (bicyclic) bond motifs is 1. The monoisotopic (exact) mass is 507 g/mol. The first-order valence-electron chi connectivity index (χ1n) is 11.4. The fourth-order valence-corrected chi connectivity index (χ4v) is 5.71. The number of nitrogens with two attached hydrogens (primary N) is 1. The molecule has 0 aliphatic heterocycles. The highest BCUT2D eigenvalue weighted by Gasteiger charge is 2.15. The minimum Gasteiger partial charge on any atom is -0.397 e. The molecule has 0 unspecified atom stereocenters. The summed E-state index contributed by atoms with van der Waals surface area (Å²) >= 11 is 3.02. The van der Waals surface area contributed by atoms with Crippen LogP contribution in [0.25, 0.3) is 31.8 Å². The van der Waals surface area contributed by atoms with Crippen LogP contribution in [-0.2, 0) is 6.54 Å². The average Bonchev–Trinajstić information content (AvgIpc) is 3.67. The van der Waals surface area contributed by atoms with Crippen LogP contribution < -0.4 is 11.1 Å². The number of hydrogen-bond acceptors (Lipinski definition) is 6. The lowest BCUT2D eigenvalue weighted by atomic mass is 10.0. The number of thiophene rings is 2. The van der Waals surface area contributed by atoms with Crippen molar-refractivity contribution in [2.24, 2.45) is 0 Å². The Bertz CT molecular complexity index is 1680. The molecule has 3 aromatic carbocycles. The second-order valence-corrected chi connectivity index (χ2v) is 10.4. The largest absolute Gasteiger partial charge is 0.397 e. The van der Waals surface area contributed by atoms with E-state index < -0.39 is 0 Å². The Balaban J connectivity index is 1.19. The molecule has 6 rings (SSSR count). The van der Waals surface area contributed by atoms with Crippen LogP contribution in [0.4, 0.5) is 11.4 Å². The molecular weight excluding hydrogens is 486 g/mol. The van der Waals surface area contributed by atoms with Crippen LogP contribution in [-0.4, -0.2) is 20.9 Å². The van der Waals surface area contributed by atoms with Gasteiger partial charge in [-0.3, -0.25) is 4.79 Å². The highest BCUT2D eigenvalue weighted by molar-refractivity contribution is 7.17. The lowest BCUT2D eigenvalue weighted by Crippen LogP contribution is -2.11. The van der Waals surface area contributed by atoms with Gasteiger partial charge in [-0.05, 0) is 57.6 Å². The third-order valence-electron chi connectivity index (χ3n) is 5.94. The Kier molecular flexibility index (Phi) is 5.80. The number of rotatable bonds is 6. The van der Waals surface area contributed by atoms with Crippen LogP contribution in [0, 0.1) is 0 Å². The number of carbonyl (C=O) groups excluding carboxylic acids is 1. The van der Waals surface area contributed by atoms with Crippen molar-refractivity contribution in [2.75, 3.05) is 11.1 Å². The molecule has 176 valence electrons. The standard InChI is InChI=1S/C28H21N5OS2/c29-22-11-10-19(25-9-4-14-35-25)15-23(22)30-28(34)27-13-12-26(36-27)24-17-33(32-31-24)16-20-7-3-6-18-5-1-2-8-21(18)20/h1-15,17H,16,29H2,(H,30,34). The van der Waals surface area contributed by atoms with E-state index in [1.165, 1.54) is 27.7 Å². The van der Waals surface area contributed by atoms with E-state index in [0.29, 0.717) is 22.8 Å². The predicted molar refractivity (Wildman–Crippen MR) is 149 cm³/mol. The number of hydrogen-bond donors (Lipinski definition) is 2. The molecule has 0 saturated heterocycles. The zero-order chi connectivity index (χ0) is 24.5. The summed E-state index contributed by atoms with van der Waals surface area (Å²) in [5.74, 6) is -0.204. The fraction of sp³-hybridized carbons (Fsp3) is 0.0357. The van der Waals surface area contributed by atoms with Crippen molar-refractivity contribution in [1.29, 1.82) is 0 Å². The van der Waals surface area contributed by atoms with Crippen molar-refractivity contribution in [3.8, 4) is 21.0 Å². The lowest BCUT2D eigenvalue weighted by molar-refractivity contribution is 0.103. The van der Waals surface area contributed by atoms with E-state index in [0.717, 1.165) is 21.0 Å². The van der Waals surface area contributed by atoms with Gasteiger partial charge in [0.2, 0.25) is 0 Å². The molecule has 0 atom stereocenters. The number of aromatic nitrogens is 3. The molecule has 6 nitrogen and oxygen atoms in total. The van der Waals surface area contributed by atoms with Crippen molar-refractivity contribution in [3.05, 3.63) is 107 Å². The highest BCUT2D eigenvalue weighted by Crippen LogP contribution is 2.32. The van der Waals surface area contributed by atoms with Crippen LogP contribution in [0.5, 0.6) is 0 Å². The molecule has 0 aliphatic rings. The molecule has 0 aliphatic carbocycles. The zero-order valence-corrected chi connectivity index (χ0v) is 20.7. The summed E-state index contributed by atoms with van der Waals surface area (Å²) < 4.78 is 1.83. The van der Waals surface area contributed by atoms with Crippen molar-refractivity contribution in [3.63, 3.8) is 0 Å². The van der Waals surface area contributed by atoms with Crippen LogP contribution in [0.1, 0.15) is 15.2 Å². The smallest absolute Gasteiger partial charge is 0.265 e. The first kappa shape index (κ1) is 22.2. The molecular formula is C28H21N5OS2. The van der Waals surface area contributed by atoms with Gasteiger partial charge in [-0.1, -0.05) is 59.8 Å². The number of nitrogens with zero attached hydrogens (tertiary/aromatic N) is 3. The van der Waals surface area contributed by atoms with E-state index in [9.17, 15) is 4.79 Å². The molecule has 36 heavy (non-hydrogen) atoms. The normalized spacial score (nSPS) is 11.1. The SMILES string of the molecule is Nc1ccc(-c2cccs2)cc1NC(=O)c1ccc(-c2cn(Cc3cccc4ccccc34)nn2)s1. The van der Waals surface area contributed by atoms with Crippen LogP contribution in [0.2, 0.25) is 0 Å².